The molecule has 1 aliphatic rings. The van der Waals surface area contributed by atoms with E-state index in [1.807, 2.05) is 18.2 Å². The molecule has 0 aliphatic carbocycles. The number of morpholine rings is 1. The molecular formula is C14H23N3O2. The molecule has 106 valence electrons. The summed E-state index contributed by atoms with van der Waals surface area (Å²) in [5.74, 6) is 1.61. The molecule has 2 rings (SSSR count). The van der Waals surface area contributed by atoms with E-state index in [-0.39, 0.29) is 0 Å². The van der Waals surface area contributed by atoms with Crippen molar-refractivity contribution >= 4 is 5.82 Å². The highest BCUT2D eigenvalue weighted by Gasteiger charge is 2.24. The first kappa shape index (κ1) is 14.1. The Morgan fingerprint density at radius 1 is 1.53 bits per heavy atom. The van der Waals surface area contributed by atoms with E-state index in [0.29, 0.717) is 18.0 Å². The fourth-order valence-electron chi connectivity index (χ4n) is 2.17. The maximum Gasteiger partial charge on any atom is 0.214 e. The van der Waals surface area contributed by atoms with Gasteiger partial charge in [-0.15, -0.1) is 0 Å². The standard InChI is InChI=1S/C14H23N3O2/c1-11(2)15-9-12-10-19-8-7-17(12)13-5-4-6-14(16-13)18-3/h4-6,11-12,15H,7-10H2,1-3H3. The van der Waals surface area contributed by atoms with Crippen LogP contribution >= 0.6 is 0 Å². The van der Waals surface area contributed by atoms with Crippen molar-refractivity contribution in [2.75, 3.05) is 38.3 Å². The third-order valence-electron chi connectivity index (χ3n) is 3.20. The van der Waals surface area contributed by atoms with Gasteiger partial charge in [-0.1, -0.05) is 19.9 Å². The minimum atomic E-state index is 0.316. The van der Waals surface area contributed by atoms with Gasteiger partial charge >= 0.3 is 0 Å². The number of rotatable bonds is 5. The summed E-state index contributed by atoms with van der Waals surface area (Å²) >= 11 is 0. The molecule has 0 spiro atoms. The number of pyridine rings is 1. The SMILES string of the molecule is COc1cccc(N2CCOCC2CNC(C)C)n1. The Morgan fingerprint density at radius 2 is 2.37 bits per heavy atom. The second-order valence-electron chi connectivity index (χ2n) is 5.02. The third-order valence-corrected chi connectivity index (χ3v) is 3.20. The number of nitrogens with zero attached hydrogens (tertiary/aromatic N) is 2. The molecule has 5 heteroatoms. The van der Waals surface area contributed by atoms with Crippen molar-refractivity contribution < 1.29 is 9.47 Å². The van der Waals surface area contributed by atoms with Gasteiger partial charge in [-0.25, -0.2) is 0 Å². The van der Waals surface area contributed by atoms with Gasteiger partial charge in [-0.05, 0) is 6.07 Å². The Balaban J connectivity index is 2.09. The lowest BCUT2D eigenvalue weighted by Gasteiger charge is -2.37. The molecule has 0 bridgehead atoms. The van der Waals surface area contributed by atoms with Crippen LogP contribution in [0.2, 0.25) is 0 Å². The van der Waals surface area contributed by atoms with E-state index in [1.54, 1.807) is 7.11 Å². The van der Waals surface area contributed by atoms with Crippen molar-refractivity contribution in [3.63, 3.8) is 0 Å². The van der Waals surface area contributed by atoms with Crippen molar-refractivity contribution in [2.24, 2.45) is 0 Å². The highest BCUT2D eigenvalue weighted by atomic mass is 16.5. The predicted molar refractivity (Wildman–Crippen MR) is 75.9 cm³/mol. The summed E-state index contributed by atoms with van der Waals surface area (Å²) < 4.78 is 10.8. The normalized spacial score (nSPS) is 19.8. The van der Waals surface area contributed by atoms with E-state index in [2.05, 4.69) is 29.0 Å². The van der Waals surface area contributed by atoms with Gasteiger partial charge in [0.1, 0.15) is 5.82 Å². The van der Waals surface area contributed by atoms with Crippen LogP contribution in [0.15, 0.2) is 18.2 Å². The molecule has 1 saturated heterocycles. The Morgan fingerprint density at radius 3 is 3.11 bits per heavy atom. The van der Waals surface area contributed by atoms with Crippen molar-refractivity contribution in [1.29, 1.82) is 0 Å². The molecule has 2 heterocycles. The highest BCUT2D eigenvalue weighted by molar-refractivity contribution is 5.42. The smallest absolute Gasteiger partial charge is 0.214 e. The van der Waals surface area contributed by atoms with Gasteiger partial charge in [-0.3, -0.25) is 0 Å². The molecular weight excluding hydrogens is 242 g/mol. The number of nitrogens with one attached hydrogen (secondary N) is 1. The molecule has 0 radical (unpaired) electrons. The van der Waals surface area contributed by atoms with Crippen LogP contribution in [0.5, 0.6) is 5.88 Å². The monoisotopic (exact) mass is 265 g/mol. The van der Waals surface area contributed by atoms with Crippen molar-refractivity contribution in [1.82, 2.24) is 10.3 Å². The average molecular weight is 265 g/mol. The van der Waals surface area contributed by atoms with Gasteiger partial charge in [0.15, 0.2) is 0 Å². The Hall–Kier alpha value is -1.33. The number of aromatic nitrogens is 1. The average Bonchev–Trinajstić information content (AvgIpc) is 2.45. The number of ether oxygens (including phenoxy) is 2. The number of hydrogen-bond donors (Lipinski definition) is 1. The number of anilines is 1. The van der Waals surface area contributed by atoms with Crippen LogP contribution in [-0.2, 0) is 4.74 Å². The third kappa shape index (κ3) is 3.81. The van der Waals surface area contributed by atoms with Crippen LogP contribution in [0.4, 0.5) is 5.82 Å². The number of hydrogen-bond acceptors (Lipinski definition) is 5. The molecule has 1 aromatic heterocycles. The lowest BCUT2D eigenvalue weighted by molar-refractivity contribution is 0.0927. The molecule has 1 unspecified atom stereocenters. The fourth-order valence-corrected chi connectivity index (χ4v) is 2.17. The fraction of sp³-hybridized carbons (Fsp3) is 0.643. The summed E-state index contributed by atoms with van der Waals surface area (Å²) in [5, 5.41) is 3.46. The summed E-state index contributed by atoms with van der Waals surface area (Å²) in [6.07, 6.45) is 0. The van der Waals surface area contributed by atoms with E-state index in [0.717, 1.165) is 32.1 Å². The summed E-state index contributed by atoms with van der Waals surface area (Å²) in [5.41, 5.74) is 0. The highest BCUT2D eigenvalue weighted by Crippen LogP contribution is 2.20. The maximum absolute atomic E-state index is 5.58. The van der Waals surface area contributed by atoms with E-state index in [4.69, 9.17) is 9.47 Å². The topological polar surface area (TPSA) is 46.6 Å². The molecule has 19 heavy (non-hydrogen) atoms. The van der Waals surface area contributed by atoms with Crippen LogP contribution in [-0.4, -0.2) is 50.5 Å². The minimum absolute atomic E-state index is 0.316. The van der Waals surface area contributed by atoms with Crippen LogP contribution in [0, 0.1) is 0 Å². The quantitative estimate of drug-likeness (QED) is 0.869. The maximum atomic E-state index is 5.58. The van der Waals surface area contributed by atoms with Crippen LogP contribution < -0.4 is 15.0 Å². The van der Waals surface area contributed by atoms with Crippen LogP contribution in [0.3, 0.4) is 0 Å². The zero-order chi connectivity index (χ0) is 13.7. The molecule has 1 aliphatic heterocycles. The second-order valence-corrected chi connectivity index (χ2v) is 5.02. The number of methoxy groups -OCH3 is 1. The molecule has 1 fully saturated rings. The molecule has 0 saturated carbocycles. The van der Waals surface area contributed by atoms with Gasteiger partial charge in [0.05, 0.1) is 26.4 Å². The van der Waals surface area contributed by atoms with E-state index >= 15 is 0 Å². The summed E-state index contributed by atoms with van der Waals surface area (Å²) in [6, 6.07) is 6.66. The lowest BCUT2D eigenvalue weighted by atomic mass is 10.2. The first-order valence-corrected chi connectivity index (χ1v) is 6.79. The lowest BCUT2D eigenvalue weighted by Crippen LogP contribution is -2.51. The van der Waals surface area contributed by atoms with E-state index in [1.165, 1.54) is 0 Å². The second kappa shape index (κ2) is 6.73. The molecule has 1 aromatic rings. The molecule has 1 N–H and O–H groups in total. The molecule has 0 amide bonds. The first-order chi connectivity index (χ1) is 9.20. The van der Waals surface area contributed by atoms with E-state index < -0.39 is 0 Å². The van der Waals surface area contributed by atoms with Crippen molar-refractivity contribution in [2.45, 2.75) is 25.9 Å². The molecule has 0 aromatic carbocycles. The summed E-state index contributed by atoms with van der Waals surface area (Å²) in [6.45, 7) is 7.55. The van der Waals surface area contributed by atoms with Crippen molar-refractivity contribution in [3.8, 4) is 5.88 Å². The first-order valence-electron chi connectivity index (χ1n) is 6.79. The van der Waals surface area contributed by atoms with Crippen LogP contribution in [0.1, 0.15) is 13.8 Å². The van der Waals surface area contributed by atoms with Crippen molar-refractivity contribution in [3.05, 3.63) is 18.2 Å². The predicted octanol–water partition coefficient (Wildman–Crippen LogP) is 1.29. The Labute approximate surface area is 114 Å². The van der Waals surface area contributed by atoms with Gasteiger partial charge in [-0.2, -0.15) is 4.98 Å². The molecule has 5 nitrogen and oxygen atoms in total. The summed E-state index contributed by atoms with van der Waals surface area (Å²) in [4.78, 5) is 6.81. The zero-order valence-corrected chi connectivity index (χ0v) is 11.9. The van der Waals surface area contributed by atoms with Gasteiger partial charge in [0, 0.05) is 25.2 Å². The van der Waals surface area contributed by atoms with Gasteiger partial charge in [0.25, 0.3) is 0 Å². The van der Waals surface area contributed by atoms with Crippen LogP contribution in [0.25, 0.3) is 0 Å². The minimum Gasteiger partial charge on any atom is -0.481 e. The Kier molecular flexibility index (Phi) is 4.99. The largest absolute Gasteiger partial charge is 0.481 e. The van der Waals surface area contributed by atoms with Gasteiger partial charge in [0.2, 0.25) is 5.88 Å². The van der Waals surface area contributed by atoms with Gasteiger partial charge < -0.3 is 19.7 Å². The zero-order valence-electron chi connectivity index (χ0n) is 11.9. The molecule has 1 atom stereocenters. The summed E-state index contributed by atoms with van der Waals surface area (Å²) in [7, 11) is 1.64. The van der Waals surface area contributed by atoms with E-state index in [9.17, 15) is 0 Å². The Bertz CT molecular complexity index is 398.